The maximum absolute atomic E-state index is 12.2. The second-order valence-corrected chi connectivity index (χ2v) is 6.39. The number of carbonyl (C=O) groups excluding carboxylic acids is 1. The van der Waals surface area contributed by atoms with Crippen molar-refractivity contribution in [2.45, 2.75) is 12.5 Å². The first-order valence-corrected chi connectivity index (χ1v) is 8.23. The fourth-order valence-electron chi connectivity index (χ4n) is 2.33. The van der Waals surface area contributed by atoms with E-state index < -0.39 is 6.04 Å². The molecule has 4 N–H and O–H groups in total. The average Bonchev–Trinajstić information content (AvgIpc) is 3.17. The number of hydrogen-bond donors (Lipinski definition) is 3. The van der Waals surface area contributed by atoms with Gasteiger partial charge in [0, 0.05) is 42.5 Å². The molecule has 0 aliphatic carbocycles. The fourth-order valence-corrected chi connectivity index (χ4v) is 2.84. The number of benzene rings is 1. The molecule has 1 aromatic carbocycles. The minimum atomic E-state index is -0.736. The van der Waals surface area contributed by atoms with Crippen LogP contribution >= 0.6 is 23.2 Å². The third-order valence-corrected chi connectivity index (χ3v) is 4.26. The van der Waals surface area contributed by atoms with Gasteiger partial charge in [0.15, 0.2) is 5.82 Å². The Morgan fingerprint density at radius 1 is 1.40 bits per heavy atom. The largest absolute Gasteiger partial charge is 0.338 e. The molecule has 0 fully saturated rings. The lowest BCUT2D eigenvalue weighted by Gasteiger charge is -2.10. The number of amides is 1. The van der Waals surface area contributed by atoms with E-state index in [-0.39, 0.29) is 5.91 Å². The quantitative estimate of drug-likeness (QED) is 0.634. The normalized spacial score (nSPS) is 12.2. The van der Waals surface area contributed by atoms with Crippen LogP contribution in [0.15, 0.2) is 36.7 Å². The number of H-pyrrole nitrogens is 1. The molecule has 1 unspecified atom stereocenters. The van der Waals surface area contributed by atoms with Crippen LogP contribution in [0.3, 0.4) is 0 Å². The summed E-state index contributed by atoms with van der Waals surface area (Å²) in [7, 11) is 1.85. The van der Waals surface area contributed by atoms with E-state index in [9.17, 15) is 4.79 Å². The van der Waals surface area contributed by atoms with Crippen LogP contribution in [0.2, 0.25) is 10.0 Å². The molecular weight excluding hydrogens is 363 g/mol. The number of hydrogen-bond acceptors (Lipinski definition) is 4. The zero-order chi connectivity index (χ0) is 18.0. The predicted molar refractivity (Wildman–Crippen MR) is 97.6 cm³/mol. The molecule has 25 heavy (non-hydrogen) atoms. The van der Waals surface area contributed by atoms with E-state index >= 15 is 0 Å². The van der Waals surface area contributed by atoms with Gasteiger partial charge in [-0.25, -0.2) is 4.98 Å². The Morgan fingerprint density at radius 3 is 2.88 bits per heavy atom. The lowest BCUT2D eigenvalue weighted by molar-refractivity contribution is -0.117. The van der Waals surface area contributed by atoms with Gasteiger partial charge in [0.1, 0.15) is 5.82 Å². The van der Waals surface area contributed by atoms with Crippen LogP contribution in [0, 0.1) is 0 Å². The highest BCUT2D eigenvalue weighted by molar-refractivity contribution is 6.36. The van der Waals surface area contributed by atoms with Gasteiger partial charge in [0.25, 0.3) is 0 Å². The topological polar surface area (TPSA) is 102 Å². The maximum Gasteiger partial charge on any atom is 0.242 e. The monoisotopic (exact) mass is 378 g/mol. The summed E-state index contributed by atoms with van der Waals surface area (Å²) in [5.41, 5.74) is 7.34. The van der Waals surface area contributed by atoms with Crippen molar-refractivity contribution in [3.8, 4) is 11.3 Å². The van der Waals surface area contributed by atoms with Gasteiger partial charge < -0.3 is 15.6 Å². The molecule has 1 atom stereocenters. The van der Waals surface area contributed by atoms with Gasteiger partial charge in [0.05, 0.1) is 16.8 Å². The molecule has 0 radical (unpaired) electrons. The summed E-state index contributed by atoms with van der Waals surface area (Å²) in [5.74, 6) is 0.753. The van der Waals surface area contributed by atoms with Crippen molar-refractivity contribution in [3.63, 3.8) is 0 Å². The smallest absolute Gasteiger partial charge is 0.242 e. The second-order valence-electron chi connectivity index (χ2n) is 5.55. The molecule has 0 aliphatic heterocycles. The molecular formula is C16H16Cl2N6O. The van der Waals surface area contributed by atoms with E-state index in [2.05, 4.69) is 20.5 Å². The number of halogens is 2. The average molecular weight is 379 g/mol. The SMILES string of the molecule is Cn1ccnc1CC(N)C(=O)Nc1cc(-c2ccc(Cl)cc2Cl)[nH]n1. The van der Waals surface area contributed by atoms with Gasteiger partial charge in [-0.15, -0.1) is 0 Å². The van der Waals surface area contributed by atoms with E-state index in [1.54, 1.807) is 36.7 Å². The highest BCUT2D eigenvalue weighted by Crippen LogP contribution is 2.30. The molecule has 7 nitrogen and oxygen atoms in total. The predicted octanol–water partition coefficient (Wildman–Crippen LogP) is 2.63. The Hall–Kier alpha value is -2.35. The summed E-state index contributed by atoms with van der Waals surface area (Å²) >= 11 is 12.1. The third kappa shape index (κ3) is 4.01. The summed E-state index contributed by atoms with van der Waals surface area (Å²) < 4.78 is 1.82. The molecule has 3 aromatic rings. The van der Waals surface area contributed by atoms with Gasteiger partial charge in [-0.1, -0.05) is 23.2 Å². The minimum absolute atomic E-state index is 0.329. The van der Waals surface area contributed by atoms with Crippen molar-refractivity contribution in [3.05, 3.63) is 52.5 Å². The lowest BCUT2D eigenvalue weighted by Crippen LogP contribution is -2.38. The highest BCUT2D eigenvalue weighted by Gasteiger charge is 2.18. The standard InChI is InChI=1S/C16H16Cl2N6O/c1-24-5-4-20-15(24)7-12(19)16(25)21-14-8-13(22-23-14)10-3-2-9(17)6-11(10)18/h2-6,8,12H,7,19H2,1H3,(H2,21,22,23,25). The first-order chi connectivity index (χ1) is 11.9. The molecule has 9 heteroatoms. The van der Waals surface area contributed by atoms with Crippen molar-refractivity contribution in [2.24, 2.45) is 12.8 Å². The molecule has 2 heterocycles. The Balaban J connectivity index is 1.68. The molecule has 0 spiro atoms. The van der Waals surface area contributed by atoms with Crippen molar-refractivity contribution in [1.29, 1.82) is 0 Å². The number of carbonyl (C=O) groups is 1. The number of aryl methyl sites for hydroxylation is 1. The van der Waals surface area contributed by atoms with Crippen molar-refractivity contribution in [2.75, 3.05) is 5.32 Å². The van der Waals surface area contributed by atoms with Crippen LogP contribution in [-0.2, 0) is 18.3 Å². The zero-order valence-corrected chi connectivity index (χ0v) is 14.8. The van der Waals surface area contributed by atoms with Crippen molar-refractivity contribution in [1.82, 2.24) is 19.7 Å². The number of nitrogens with two attached hydrogens (primary N) is 1. The molecule has 2 aromatic heterocycles. The van der Waals surface area contributed by atoms with Gasteiger partial charge in [-0.3, -0.25) is 9.89 Å². The van der Waals surface area contributed by atoms with Crippen molar-refractivity contribution >= 4 is 34.9 Å². The van der Waals surface area contributed by atoms with Gasteiger partial charge in [0.2, 0.25) is 5.91 Å². The molecule has 0 bridgehead atoms. The summed E-state index contributed by atoms with van der Waals surface area (Å²) in [6.07, 6.45) is 3.79. The van der Waals surface area contributed by atoms with E-state index in [4.69, 9.17) is 28.9 Å². The van der Waals surface area contributed by atoms with Crippen LogP contribution < -0.4 is 11.1 Å². The maximum atomic E-state index is 12.2. The van der Waals surface area contributed by atoms with Crippen LogP contribution in [0.25, 0.3) is 11.3 Å². The number of nitrogens with zero attached hydrogens (tertiary/aromatic N) is 3. The number of rotatable bonds is 5. The summed E-state index contributed by atoms with van der Waals surface area (Å²) in [5, 5.41) is 10.6. The highest BCUT2D eigenvalue weighted by atomic mass is 35.5. The van der Waals surface area contributed by atoms with Gasteiger partial charge >= 0.3 is 0 Å². The van der Waals surface area contributed by atoms with Crippen LogP contribution in [0.1, 0.15) is 5.82 Å². The van der Waals surface area contributed by atoms with Crippen LogP contribution in [0.5, 0.6) is 0 Å². The van der Waals surface area contributed by atoms with Gasteiger partial charge in [-0.2, -0.15) is 5.10 Å². The van der Waals surface area contributed by atoms with E-state index in [0.29, 0.717) is 28.0 Å². The molecule has 0 saturated carbocycles. The molecule has 1 amide bonds. The number of anilines is 1. The zero-order valence-electron chi connectivity index (χ0n) is 13.3. The molecule has 130 valence electrons. The molecule has 3 rings (SSSR count). The van der Waals surface area contributed by atoms with E-state index in [0.717, 1.165) is 11.4 Å². The number of aromatic nitrogens is 4. The van der Waals surface area contributed by atoms with Crippen LogP contribution in [-0.4, -0.2) is 31.7 Å². The fraction of sp³-hybridized carbons (Fsp3) is 0.188. The lowest BCUT2D eigenvalue weighted by atomic mass is 10.1. The molecule has 0 saturated heterocycles. The summed E-state index contributed by atoms with van der Waals surface area (Å²) in [6.45, 7) is 0. The van der Waals surface area contributed by atoms with Crippen molar-refractivity contribution < 1.29 is 4.79 Å². The summed E-state index contributed by atoms with van der Waals surface area (Å²) in [6, 6.07) is 6.09. The second kappa shape index (κ2) is 7.26. The first kappa shape index (κ1) is 17.5. The summed E-state index contributed by atoms with van der Waals surface area (Å²) in [4.78, 5) is 16.4. The van der Waals surface area contributed by atoms with E-state index in [1.807, 2.05) is 11.6 Å². The Labute approximate surface area is 154 Å². The molecule has 0 aliphatic rings. The minimum Gasteiger partial charge on any atom is -0.338 e. The van der Waals surface area contributed by atoms with Gasteiger partial charge in [-0.05, 0) is 18.2 Å². The van der Waals surface area contributed by atoms with E-state index in [1.165, 1.54) is 0 Å². The van der Waals surface area contributed by atoms with Crippen LogP contribution in [0.4, 0.5) is 5.82 Å². The third-order valence-electron chi connectivity index (χ3n) is 3.71. The number of imidazole rings is 1. The first-order valence-electron chi connectivity index (χ1n) is 7.47. The number of nitrogens with one attached hydrogen (secondary N) is 2. The number of aromatic amines is 1. The Kier molecular flexibility index (Phi) is 5.08. The Morgan fingerprint density at radius 2 is 2.20 bits per heavy atom. The Bertz CT molecular complexity index is 904.